The number of rotatable bonds is 1. The lowest BCUT2D eigenvalue weighted by Gasteiger charge is -2.07. The standard InChI is InChI=1S/C27H15ClN4O/c1-15(33)5-6-16-7-9-20-22(11-16)23-12-19(28)8-10-21(23)26-25(20)31-27(32-26)24-17(13-29)3-2-4-18(24)14-30/h2-4,7-12,15,33H,1H3,(H,31,32). The quantitative estimate of drug-likeness (QED) is 0.256. The first-order valence-corrected chi connectivity index (χ1v) is 10.6. The first-order valence-electron chi connectivity index (χ1n) is 10.2. The third kappa shape index (κ3) is 3.45. The highest BCUT2D eigenvalue weighted by molar-refractivity contribution is 6.33. The fourth-order valence-electron chi connectivity index (χ4n) is 4.07. The molecule has 0 aliphatic rings. The van der Waals surface area contributed by atoms with E-state index in [9.17, 15) is 15.6 Å². The molecule has 0 fully saturated rings. The van der Waals surface area contributed by atoms with Crippen LogP contribution in [0.3, 0.4) is 0 Å². The number of halogens is 1. The van der Waals surface area contributed by atoms with Crippen molar-refractivity contribution in [1.29, 1.82) is 10.5 Å². The number of benzene rings is 4. The zero-order valence-corrected chi connectivity index (χ0v) is 18.2. The van der Waals surface area contributed by atoms with E-state index in [1.807, 2.05) is 36.4 Å². The number of H-pyrrole nitrogens is 1. The second kappa shape index (κ2) is 7.97. The van der Waals surface area contributed by atoms with Crippen LogP contribution < -0.4 is 0 Å². The molecule has 0 saturated heterocycles. The predicted molar refractivity (Wildman–Crippen MR) is 130 cm³/mol. The Morgan fingerprint density at radius 1 is 0.939 bits per heavy atom. The minimum atomic E-state index is -0.723. The van der Waals surface area contributed by atoms with Gasteiger partial charge in [0.1, 0.15) is 11.9 Å². The summed E-state index contributed by atoms with van der Waals surface area (Å²) in [6.07, 6.45) is -0.723. The molecule has 0 saturated carbocycles. The Kier molecular flexibility index (Phi) is 4.97. The number of imidazole rings is 1. The van der Waals surface area contributed by atoms with Gasteiger partial charge >= 0.3 is 0 Å². The van der Waals surface area contributed by atoms with Crippen molar-refractivity contribution in [1.82, 2.24) is 9.97 Å². The fourth-order valence-corrected chi connectivity index (χ4v) is 4.24. The Bertz CT molecular complexity index is 1710. The summed E-state index contributed by atoms with van der Waals surface area (Å²) in [6, 6.07) is 20.8. The molecule has 6 heteroatoms. The molecule has 2 N–H and O–H groups in total. The largest absolute Gasteiger partial charge is 0.381 e. The molecule has 0 amide bonds. The van der Waals surface area contributed by atoms with Crippen LogP contribution >= 0.6 is 11.6 Å². The number of hydrogen-bond donors (Lipinski definition) is 2. The molecule has 1 heterocycles. The third-order valence-corrected chi connectivity index (χ3v) is 5.72. The van der Waals surface area contributed by atoms with Gasteiger partial charge in [-0.3, -0.25) is 0 Å². The van der Waals surface area contributed by atoms with Crippen LogP contribution in [0.15, 0.2) is 54.6 Å². The van der Waals surface area contributed by atoms with Gasteiger partial charge in [0, 0.05) is 21.4 Å². The molecule has 4 aromatic carbocycles. The van der Waals surface area contributed by atoms with E-state index >= 15 is 0 Å². The fraction of sp³-hybridized carbons (Fsp3) is 0.0741. The van der Waals surface area contributed by atoms with E-state index in [2.05, 4.69) is 29.0 Å². The first-order chi connectivity index (χ1) is 16.0. The average molecular weight is 447 g/mol. The molecule has 5 rings (SSSR count). The molecule has 0 aliphatic heterocycles. The third-order valence-electron chi connectivity index (χ3n) is 5.49. The molecule has 0 aliphatic carbocycles. The summed E-state index contributed by atoms with van der Waals surface area (Å²) in [5.74, 6) is 6.22. The van der Waals surface area contributed by atoms with Gasteiger partial charge in [0.05, 0.1) is 39.9 Å². The van der Waals surface area contributed by atoms with Crippen LogP contribution in [0.2, 0.25) is 5.02 Å². The number of nitrogens with one attached hydrogen (secondary N) is 1. The Balaban J connectivity index is 1.90. The normalized spacial score (nSPS) is 11.7. The second-order valence-corrected chi connectivity index (χ2v) is 8.09. The molecular weight excluding hydrogens is 432 g/mol. The highest BCUT2D eigenvalue weighted by Gasteiger charge is 2.18. The number of fused-ring (bicyclic) bond motifs is 6. The molecule has 0 radical (unpaired) electrons. The Hall–Kier alpha value is -4.34. The van der Waals surface area contributed by atoms with E-state index in [-0.39, 0.29) is 0 Å². The van der Waals surface area contributed by atoms with E-state index in [4.69, 9.17) is 16.6 Å². The van der Waals surface area contributed by atoms with Gasteiger partial charge in [-0.1, -0.05) is 41.6 Å². The van der Waals surface area contributed by atoms with Crippen molar-refractivity contribution in [3.05, 3.63) is 76.3 Å². The monoisotopic (exact) mass is 446 g/mol. The number of aliphatic hydroxyl groups is 1. The number of aromatic nitrogens is 2. The van der Waals surface area contributed by atoms with Gasteiger partial charge in [0.2, 0.25) is 0 Å². The van der Waals surface area contributed by atoms with Gasteiger partial charge in [-0.25, -0.2) is 4.98 Å². The summed E-state index contributed by atoms with van der Waals surface area (Å²) in [4.78, 5) is 8.19. The molecule has 1 aromatic heterocycles. The van der Waals surface area contributed by atoms with Crippen molar-refractivity contribution in [3.8, 4) is 35.4 Å². The van der Waals surface area contributed by atoms with Crippen LogP contribution in [0.25, 0.3) is 44.0 Å². The number of hydrogen-bond acceptors (Lipinski definition) is 4. The van der Waals surface area contributed by atoms with Gasteiger partial charge in [0.25, 0.3) is 0 Å². The lowest BCUT2D eigenvalue weighted by atomic mass is 9.98. The highest BCUT2D eigenvalue weighted by Crippen LogP contribution is 2.37. The summed E-state index contributed by atoms with van der Waals surface area (Å²) in [6.45, 7) is 1.62. The smallest absolute Gasteiger partial charge is 0.141 e. The predicted octanol–water partition coefficient (Wildman–Crippen LogP) is 5.67. The van der Waals surface area contributed by atoms with E-state index < -0.39 is 6.10 Å². The van der Waals surface area contributed by atoms with E-state index in [0.717, 1.165) is 38.1 Å². The van der Waals surface area contributed by atoms with Crippen LogP contribution in [0.1, 0.15) is 23.6 Å². The lowest BCUT2D eigenvalue weighted by Crippen LogP contribution is -1.92. The Morgan fingerprint density at radius 2 is 1.64 bits per heavy atom. The Morgan fingerprint density at radius 3 is 2.33 bits per heavy atom. The maximum atomic E-state index is 9.62. The molecule has 156 valence electrons. The minimum Gasteiger partial charge on any atom is -0.381 e. The molecular formula is C27H15ClN4O. The van der Waals surface area contributed by atoms with Gasteiger partial charge in [0.15, 0.2) is 0 Å². The summed E-state index contributed by atoms with van der Waals surface area (Å²) in [5, 5.41) is 33.0. The van der Waals surface area contributed by atoms with Crippen molar-refractivity contribution in [2.75, 3.05) is 0 Å². The van der Waals surface area contributed by atoms with Crippen LogP contribution in [-0.2, 0) is 0 Å². The highest BCUT2D eigenvalue weighted by atomic mass is 35.5. The first kappa shape index (κ1) is 20.6. The zero-order valence-electron chi connectivity index (χ0n) is 17.4. The summed E-state index contributed by atoms with van der Waals surface area (Å²) in [5.41, 5.74) is 3.52. The van der Waals surface area contributed by atoms with Crippen molar-refractivity contribution >= 4 is 44.2 Å². The maximum Gasteiger partial charge on any atom is 0.141 e. The second-order valence-electron chi connectivity index (χ2n) is 7.66. The van der Waals surface area contributed by atoms with E-state index in [0.29, 0.717) is 27.5 Å². The molecule has 33 heavy (non-hydrogen) atoms. The number of nitrogens with zero attached hydrogens (tertiary/aromatic N) is 3. The minimum absolute atomic E-state index is 0.375. The van der Waals surface area contributed by atoms with E-state index in [1.54, 1.807) is 25.1 Å². The maximum absolute atomic E-state index is 9.62. The molecule has 5 aromatic rings. The zero-order chi connectivity index (χ0) is 23.1. The van der Waals surface area contributed by atoms with Crippen LogP contribution in [-0.4, -0.2) is 21.2 Å². The summed E-state index contributed by atoms with van der Waals surface area (Å²) >= 11 is 6.33. The number of aromatic amines is 1. The van der Waals surface area contributed by atoms with E-state index in [1.165, 1.54) is 0 Å². The Labute approximate surface area is 194 Å². The van der Waals surface area contributed by atoms with Crippen LogP contribution in [0.4, 0.5) is 0 Å². The average Bonchev–Trinajstić information content (AvgIpc) is 3.27. The van der Waals surface area contributed by atoms with Crippen LogP contribution in [0, 0.1) is 34.5 Å². The van der Waals surface area contributed by atoms with Crippen molar-refractivity contribution in [3.63, 3.8) is 0 Å². The number of aliphatic hydroxyl groups excluding tert-OH is 1. The summed E-state index contributed by atoms with van der Waals surface area (Å²) in [7, 11) is 0. The van der Waals surface area contributed by atoms with Gasteiger partial charge in [-0.2, -0.15) is 10.5 Å². The molecule has 1 unspecified atom stereocenters. The van der Waals surface area contributed by atoms with Gasteiger partial charge < -0.3 is 10.1 Å². The molecule has 0 spiro atoms. The SMILES string of the molecule is CC(O)C#Cc1ccc2c(c1)c1cc(Cl)ccc1c1nc(-c3c(C#N)cccc3C#N)[nH]c21. The van der Waals surface area contributed by atoms with Crippen molar-refractivity contribution < 1.29 is 5.11 Å². The van der Waals surface area contributed by atoms with Crippen molar-refractivity contribution in [2.24, 2.45) is 0 Å². The molecule has 5 nitrogen and oxygen atoms in total. The lowest BCUT2D eigenvalue weighted by molar-refractivity contribution is 0.253. The van der Waals surface area contributed by atoms with Crippen molar-refractivity contribution in [2.45, 2.75) is 13.0 Å². The van der Waals surface area contributed by atoms with Crippen LogP contribution in [0.5, 0.6) is 0 Å². The summed E-state index contributed by atoms with van der Waals surface area (Å²) < 4.78 is 0. The number of nitriles is 2. The van der Waals surface area contributed by atoms with Gasteiger partial charge in [-0.05, 0) is 54.1 Å². The molecule has 1 atom stereocenters. The topological polar surface area (TPSA) is 96.5 Å². The molecule has 0 bridgehead atoms. The van der Waals surface area contributed by atoms with Gasteiger partial charge in [-0.15, -0.1) is 0 Å².